The van der Waals surface area contributed by atoms with E-state index in [4.69, 9.17) is 10.6 Å². The monoisotopic (exact) mass is 142 g/mol. The lowest BCUT2D eigenvalue weighted by atomic mass is 9.94. The fourth-order valence-electron chi connectivity index (χ4n) is 0.766. The molecule has 0 saturated carbocycles. The zero-order valence-corrected chi connectivity index (χ0v) is 6.64. The van der Waals surface area contributed by atoms with E-state index in [1.165, 1.54) is 0 Å². The first-order chi connectivity index (χ1) is 4.50. The molecule has 10 heavy (non-hydrogen) atoms. The van der Waals surface area contributed by atoms with Gasteiger partial charge in [0.1, 0.15) is 11.9 Å². The molecule has 3 heteroatoms. The van der Waals surface area contributed by atoms with Gasteiger partial charge in [-0.1, -0.05) is 20.8 Å². The van der Waals surface area contributed by atoms with Gasteiger partial charge in [0.2, 0.25) is 0 Å². The molecule has 0 aromatic carbocycles. The number of nitrogens with two attached hydrogens (primary N) is 1. The third-order valence-corrected chi connectivity index (χ3v) is 1.38. The van der Waals surface area contributed by atoms with Gasteiger partial charge in [-0.15, -0.1) is 5.48 Å². The Labute approximate surface area is 61.2 Å². The highest BCUT2D eigenvalue weighted by atomic mass is 16.7. The zero-order valence-electron chi connectivity index (χ0n) is 6.64. The fourth-order valence-corrected chi connectivity index (χ4v) is 0.766. The lowest BCUT2D eigenvalue weighted by Crippen LogP contribution is -2.29. The van der Waals surface area contributed by atoms with Gasteiger partial charge in [-0.2, -0.15) is 0 Å². The molecule has 1 atom stereocenters. The Hall–Kier alpha value is -0.540. The molecule has 0 aliphatic carbocycles. The van der Waals surface area contributed by atoms with Gasteiger partial charge in [0, 0.05) is 5.41 Å². The Kier molecular flexibility index (Phi) is 1.70. The maximum Gasteiger partial charge on any atom is 0.128 e. The Morgan fingerprint density at radius 3 is 2.40 bits per heavy atom. The van der Waals surface area contributed by atoms with Crippen LogP contribution >= 0.6 is 0 Å². The van der Waals surface area contributed by atoms with Gasteiger partial charge in [0.05, 0.1) is 0 Å². The van der Waals surface area contributed by atoms with E-state index in [-0.39, 0.29) is 11.6 Å². The molecule has 0 amide bonds. The Morgan fingerprint density at radius 1 is 1.60 bits per heavy atom. The van der Waals surface area contributed by atoms with Crippen molar-refractivity contribution in [2.75, 3.05) is 0 Å². The number of nitrogens with one attached hydrogen (secondary N) is 1. The van der Waals surface area contributed by atoms with Crippen molar-refractivity contribution in [3.8, 4) is 0 Å². The van der Waals surface area contributed by atoms with Crippen molar-refractivity contribution in [3.63, 3.8) is 0 Å². The van der Waals surface area contributed by atoms with Crippen LogP contribution in [-0.2, 0) is 4.84 Å². The van der Waals surface area contributed by atoms with Crippen LogP contribution < -0.4 is 11.2 Å². The largest absolute Gasteiger partial charge is 0.411 e. The summed E-state index contributed by atoms with van der Waals surface area (Å²) in [5.74, 6) is 0.917. The molecule has 0 spiro atoms. The first-order valence-corrected chi connectivity index (χ1v) is 3.40. The van der Waals surface area contributed by atoms with E-state index in [0.29, 0.717) is 0 Å². The summed E-state index contributed by atoms with van der Waals surface area (Å²) in [6, 6.07) is 0. The van der Waals surface area contributed by atoms with Gasteiger partial charge in [0.15, 0.2) is 0 Å². The van der Waals surface area contributed by atoms with Crippen LogP contribution in [0, 0.1) is 5.41 Å². The number of rotatable bonds is 0. The van der Waals surface area contributed by atoms with Crippen molar-refractivity contribution >= 4 is 0 Å². The van der Waals surface area contributed by atoms with Crippen LogP contribution in [0.2, 0.25) is 0 Å². The predicted molar refractivity (Wildman–Crippen MR) is 39.7 cm³/mol. The Balaban J connectivity index is 2.67. The minimum atomic E-state index is -0.144. The molecule has 0 aromatic rings. The summed E-state index contributed by atoms with van der Waals surface area (Å²) in [4.78, 5) is 5.12. The van der Waals surface area contributed by atoms with Gasteiger partial charge < -0.3 is 10.6 Å². The molecule has 1 rings (SSSR count). The van der Waals surface area contributed by atoms with Crippen LogP contribution in [0.25, 0.3) is 0 Å². The van der Waals surface area contributed by atoms with Crippen LogP contribution in [0.3, 0.4) is 0 Å². The lowest BCUT2D eigenvalue weighted by Gasteiger charge is -2.17. The molecule has 3 nitrogen and oxygen atoms in total. The van der Waals surface area contributed by atoms with Crippen molar-refractivity contribution in [2.45, 2.75) is 26.9 Å². The molecule has 0 saturated heterocycles. The quantitative estimate of drug-likeness (QED) is 0.524. The van der Waals surface area contributed by atoms with E-state index in [1.54, 1.807) is 0 Å². The number of hydrogen-bond donors (Lipinski definition) is 2. The number of allylic oxidation sites excluding steroid dienone is 1. The summed E-state index contributed by atoms with van der Waals surface area (Å²) in [7, 11) is 0. The van der Waals surface area contributed by atoms with Gasteiger partial charge >= 0.3 is 0 Å². The van der Waals surface area contributed by atoms with Crippen molar-refractivity contribution in [1.82, 2.24) is 5.48 Å². The molecular weight excluding hydrogens is 128 g/mol. The summed E-state index contributed by atoms with van der Waals surface area (Å²) in [5, 5.41) is 0. The Bertz CT molecular complexity index is 157. The number of hydroxylamine groups is 1. The predicted octanol–water partition coefficient (Wildman–Crippen LogP) is 0.736. The van der Waals surface area contributed by atoms with Crippen molar-refractivity contribution < 1.29 is 4.84 Å². The molecular formula is C7H14N2O. The molecule has 1 heterocycles. The standard InChI is InChI=1S/C7H14N2O/c1-7(2,3)5-4-6(8)9-10-5/h4,6,9H,8H2,1-3H3. The minimum Gasteiger partial charge on any atom is -0.411 e. The molecule has 0 bridgehead atoms. The average Bonchev–Trinajstić information content (AvgIpc) is 2.11. The second kappa shape index (κ2) is 2.25. The van der Waals surface area contributed by atoms with Crippen LogP contribution in [-0.4, -0.2) is 6.17 Å². The van der Waals surface area contributed by atoms with Gasteiger partial charge in [-0.3, -0.25) is 0 Å². The fraction of sp³-hybridized carbons (Fsp3) is 0.714. The average molecular weight is 142 g/mol. The third-order valence-electron chi connectivity index (χ3n) is 1.38. The second-order valence-corrected chi connectivity index (χ2v) is 3.53. The molecule has 1 aliphatic rings. The number of hydrogen-bond acceptors (Lipinski definition) is 3. The van der Waals surface area contributed by atoms with E-state index >= 15 is 0 Å². The van der Waals surface area contributed by atoms with Gasteiger partial charge in [0.25, 0.3) is 0 Å². The highest BCUT2D eigenvalue weighted by Crippen LogP contribution is 2.27. The SMILES string of the molecule is CC(C)(C)C1=CC(N)NO1. The van der Waals surface area contributed by atoms with Gasteiger partial charge in [-0.05, 0) is 6.08 Å². The summed E-state index contributed by atoms with van der Waals surface area (Å²) < 4.78 is 0. The normalized spacial score (nSPS) is 26.0. The summed E-state index contributed by atoms with van der Waals surface area (Å²) in [6.07, 6.45) is 1.74. The van der Waals surface area contributed by atoms with Crippen molar-refractivity contribution in [2.24, 2.45) is 11.1 Å². The maximum absolute atomic E-state index is 5.51. The van der Waals surface area contributed by atoms with E-state index in [2.05, 4.69) is 26.3 Å². The molecule has 1 unspecified atom stereocenters. The topological polar surface area (TPSA) is 47.3 Å². The van der Waals surface area contributed by atoms with Gasteiger partial charge in [-0.25, -0.2) is 0 Å². The summed E-state index contributed by atoms with van der Waals surface area (Å²) in [6.45, 7) is 6.25. The van der Waals surface area contributed by atoms with Crippen LogP contribution in [0.4, 0.5) is 0 Å². The molecule has 3 N–H and O–H groups in total. The summed E-state index contributed by atoms with van der Waals surface area (Å²) in [5.41, 5.74) is 8.23. The van der Waals surface area contributed by atoms with E-state index in [1.807, 2.05) is 6.08 Å². The first-order valence-electron chi connectivity index (χ1n) is 3.40. The highest BCUT2D eigenvalue weighted by Gasteiger charge is 2.24. The van der Waals surface area contributed by atoms with Crippen LogP contribution in [0.1, 0.15) is 20.8 Å². The zero-order chi connectivity index (χ0) is 7.78. The van der Waals surface area contributed by atoms with E-state index in [0.717, 1.165) is 5.76 Å². The molecule has 0 aromatic heterocycles. The maximum atomic E-state index is 5.51. The molecule has 58 valence electrons. The minimum absolute atomic E-state index is 0.0567. The van der Waals surface area contributed by atoms with Crippen molar-refractivity contribution in [3.05, 3.63) is 11.8 Å². The second-order valence-electron chi connectivity index (χ2n) is 3.53. The van der Waals surface area contributed by atoms with Crippen LogP contribution in [0.15, 0.2) is 11.8 Å². The van der Waals surface area contributed by atoms with E-state index in [9.17, 15) is 0 Å². The highest BCUT2D eigenvalue weighted by molar-refractivity contribution is 5.09. The first kappa shape index (κ1) is 7.57. The van der Waals surface area contributed by atoms with Crippen LogP contribution in [0.5, 0.6) is 0 Å². The smallest absolute Gasteiger partial charge is 0.128 e. The third kappa shape index (κ3) is 1.49. The summed E-state index contributed by atoms with van der Waals surface area (Å²) >= 11 is 0. The molecule has 0 radical (unpaired) electrons. The van der Waals surface area contributed by atoms with Crippen molar-refractivity contribution in [1.29, 1.82) is 0 Å². The Morgan fingerprint density at radius 2 is 2.20 bits per heavy atom. The van der Waals surface area contributed by atoms with E-state index < -0.39 is 0 Å². The lowest BCUT2D eigenvalue weighted by molar-refractivity contribution is 0.0805. The molecule has 0 fully saturated rings. The molecule has 1 aliphatic heterocycles.